The van der Waals surface area contributed by atoms with E-state index in [4.69, 9.17) is 11.5 Å². The van der Waals surface area contributed by atoms with E-state index >= 15 is 0 Å². The Hall–Kier alpha value is -3.88. The minimum Gasteiger partial charge on any atom is -0.481 e. The van der Waals surface area contributed by atoms with E-state index < -0.39 is 11.9 Å². The first-order valence-electron chi connectivity index (χ1n) is 11.8. The maximum atomic E-state index is 12.9. The smallest absolute Gasteiger partial charge is 0.304 e. The number of nitrogens with two attached hydrogens (primary N) is 2. The van der Waals surface area contributed by atoms with Crippen molar-refractivity contribution >= 4 is 29.4 Å². The Bertz CT molecular complexity index is 1050. The third-order valence-electron chi connectivity index (χ3n) is 6.10. The molecule has 6 N–H and O–H groups in total. The zero-order valence-corrected chi connectivity index (χ0v) is 19.7. The summed E-state index contributed by atoms with van der Waals surface area (Å²) >= 11 is 0. The van der Waals surface area contributed by atoms with Gasteiger partial charge >= 0.3 is 5.97 Å². The topological polar surface area (TPSA) is 151 Å². The van der Waals surface area contributed by atoms with Crippen molar-refractivity contribution < 1.29 is 19.5 Å². The summed E-state index contributed by atoms with van der Waals surface area (Å²) in [5.74, 6) is -1.84. The number of benzene rings is 2. The molecule has 1 aliphatic rings. The number of aliphatic imine (C=N–C) groups is 1. The summed E-state index contributed by atoms with van der Waals surface area (Å²) in [6, 6.07) is 17.1. The van der Waals surface area contributed by atoms with Gasteiger partial charge in [0.15, 0.2) is 5.96 Å². The third-order valence-corrected chi connectivity index (χ3v) is 6.10. The van der Waals surface area contributed by atoms with Gasteiger partial charge in [0.2, 0.25) is 11.8 Å². The number of nitrogens with zero attached hydrogens (tertiary/aromatic N) is 2. The van der Waals surface area contributed by atoms with Crippen LogP contribution < -0.4 is 16.8 Å². The molecule has 0 aromatic heterocycles. The second-order valence-corrected chi connectivity index (χ2v) is 8.82. The van der Waals surface area contributed by atoms with Gasteiger partial charge < -0.3 is 26.8 Å². The zero-order chi connectivity index (χ0) is 25.2. The standard InChI is InChI=1S/C26H33N5O4/c27-26(28)30-21-10-4-8-19(14-21)11-12-23(32)29-17-22-15-20(16-24(33)34)25(35)31(22)13-5-9-18-6-2-1-3-7-18/h1-4,6-8,10,14,20,22H,5,9,11-13,15-17H2,(H,29,32)(H,33,34)(H4,27,28,30)/t20-,22-/m0/s1. The number of amides is 2. The van der Waals surface area contributed by atoms with Crippen LogP contribution in [0.15, 0.2) is 59.6 Å². The van der Waals surface area contributed by atoms with Crippen molar-refractivity contribution in [2.75, 3.05) is 13.1 Å². The van der Waals surface area contributed by atoms with Crippen LogP contribution in [0.3, 0.4) is 0 Å². The molecular formula is C26H33N5O4. The molecule has 0 aliphatic carbocycles. The molecule has 0 radical (unpaired) electrons. The second kappa shape index (κ2) is 12.5. The molecular weight excluding hydrogens is 446 g/mol. The number of carboxylic acid groups (broad SMARTS) is 1. The number of aliphatic carboxylic acids is 1. The lowest BCUT2D eigenvalue weighted by molar-refractivity contribution is -0.142. The van der Waals surface area contributed by atoms with E-state index in [0.29, 0.717) is 31.6 Å². The van der Waals surface area contributed by atoms with Gasteiger partial charge in [-0.1, -0.05) is 42.5 Å². The quantitative estimate of drug-likeness (QED) is 0.270. The van der Waals surface area contributed by atoms with Crippen LogP contribution in [-0.4, -0.2) is 52.9 Å². The van der Waals surface area contributed by atoms with E-state index in [0.717, 1.165) is 18.4 Å². The third kappa shape index (κ3) is 8.13. The van der Waals surface area contributed by atoms with E-state index in [2.05, 4.69) is 10.3 Å². The highest BCUT2D eigenvalue weighted by atomic mass is 16.4. The van der Waals surface area contributed by atoms with Crippen molar-refractivity contribution in [3.8, 4) is 0 Å². The van der Waals surface area contributed by atoms with Crippen LogP contribution in [0.5, 0.6) is 0 Å². The first-order valence-corrected chi connectivity index (χ1v) is 11.8. The highest BCUT2D eigenvalue weighted by Gasteiger charge is 2.40. The Labute approximate surface area is 205 Å². The fraction of sp³-hybridized carbons (Fsp3) is 0.385. The number of carbonyl (C=O) groups excluding carboxylic acids is 2. The van der Waals surface area contributed by atoms with Crippen molar-refractivity contribution in [1.29, 1.82) is 0 Å². The van der Waals surface area contributed by atoms with Gasteiger partial charge in [0.25, 0.3) is 0 Å². The molecule has 0 bridgehead atoms. The van der Waals surface area contributed by atoms with Gasteiger partial charge in [0.05, 0.1) is 18.0 Å². The Morgan fingerprint density at radius 3 is 2.51 bits per heavy atom. The summed E-state index contributed by atoms with van der Waals surface area (Å²) in [4.78, 5) is 42.4. The minimum atomic E-state index is -0.986. The van der Waals surface area contributed by atoms with Gasteiger partial charge in [-0.15, -0.1) is 0 Å². The van der Waals surface area contributed by atoms with E-state index in [-0.39, 0.29) is 36.7 Å². The molecule has 9 nitrogen and oxygen atoms in total. The molecule has 35 heavy (non-hydrogen) atoms. The monoisotopic (exact) mass is 479 g/mol. The van der Waals surface area contributed by atoms with E-state index in [1.54, 1.807) is 11.0 Å². The van der Waals surface area contributed by atoms with Crippen LogP contribution in [0.25, 0.3) is 0 Å². The molecule has 2 amide bonds. The molecule has 1 fully saturated rings. The van der Waals surface area contributed by atoms with Gasteiger partial charge in [-0.2, -0.15) is 0 Å². The Balaban J connectivity index is 1.53. The van der Waals surface area contributed by atoms with Crippen molar-refractivity contribution in [1.82, 2.24) is 10.2 Å². The maximum Gasteiger partial charge on any atom is 0.304 e. The molecule has 3 rings (SSSR count). The Morgan fingerprint density at radius 2 is 1.80 bits per heavy atom. The number of nitrogens with one attached hydrogen (secondary N) is 1. The largest absolute Gasteiger partial charge is 0.481 e. The zero-order valence-electron chi connectivity index (χ0n) is 19.7. The lowest BCUT2D eigenvalue weighted by Crippen LogP contribution is -2.42. The number of likely N-dealkylation sites (tertiary alicyclic amines) is 1. The van der Waals surface area contributed by atoms with E-state index in [1.165, 1.54) is 5.56 Å². The van der Waals surface area contributed by atoms with Gasteiger partial charge in [-0.25, -0.2) is 4.99 Å². The van der Waals surface area contributed by atoms with Gasteiger partial charge in [0.1, 0.15) is 0 Å². The Morgan fingerprint density at radius 1 is 1.06 bits per heavy atom. The molecule has 2 aromatic rings. The number of carbonyl (C=O) groups is 3. The minimum absolute atomic E-state index is 0.0273. The predicted molar refractivity (Wildman–Crippen MR) is 134 cm³/mol. The van der Waals surface area contributed by atoms with Crippen LogP contribution >= 0.6 is 0 Å². The normalized spacial score (nSPS) is 17.3. The molecule has 1 aliphatic heterocycles. The van der Waals surface area contributed by atoms with E-state index in [1.807, 2.05) is 48.5 Å². The summed E-state index contributed by atoms with van der Waals surface area (Å²) in [6.07, 6.45) is 2.63. The van der Waals surface area contributed by atoms with E-state index in [9.17, 15) is 19.5 Å². The fourth-order valence-electron chi connectivity index (χ4n) is 4.45. The van der Waals surface area contributed by atoms with Crippen LogP contribution in [-0.2, 0) is 27.2 Å². The van der Waals surface area contributed by atoms with Crippen molar-refractivity contribution in [3.05, 3.63) is 65.7 Å². The highest BCUT2D eigenvalue weighted by molar-refractivity contribution is 5.85. The van der Waals surface area contributed by atoms with Crippen LogP contribution in [0.2, 0.25) is 0 Å². The summed E-state index contributed by atoms with van der Waals surface area (Å²) in [5, 5.41) is 12.1. The van der Waals surface area contributed by atoms with Gasteiger partial charge in [0, 0.05) is 25.6 Å². The van der Waals surface area contributed by atoms with Crippen LogP contribution in [0.4, 0.5) is 5.69 Å². The molecule has 0 saturated carbocycles. The summed E-state index contributed by atoms with van der Waals surface area (Å²) in [6.45, 7) is 0.835. The second-order valence-electron chi connectivity index (χ2n) is 8.82. The van der Waals surface area contributed by atoms with Crippen molar-refractivity contribution in [2.24, 2.45) is 22.4 Å². The molecule has 1 heterocycles. The average Bonchev–Trinajstić information content (AvgIpc) is 3.10. The van der Waals surface area contributed by atoms with Crippen LogP contribution in [0.1, 0.15) is 36.8 Å². The van der Waals surface area contributed by atoms with Crippen molar-refractivity contribution in [3.63, 3.8) is 0 Å². The van der Waals surface area contributed by atoms with Crippen molar-refractivity contribution in [2.45, 2.75) is 44.6 Å². The van der Waals surface area contributed by atoms with Gasteiger partial charge in [-0.3, -0.25) is 14.4 Å². The predicted octanol–water partition coefficient (Wildman–Crippen LogP) is 1.96. The highest BCUT2D eigenvalue weighted by Crippen LogP contribution is 2.27. The maximum absolute atomic E-state index is 12.9. The summed E-state index contributed by atoms with van der Waals surface area (Å²) in [7, 11) is 0. The van der Waals surface area contributed by atoms with Gasteiger partial charge in [-0.05, 0) is 48.9 Å². The SMILES string of the molecule is NC(N)=Nc1cccc(CCC(=O)NC[C@@H]2C[C@@H](CC(=O)O)C(=O)N2CCCc2ccccc2)c1. The van der Waals surface area contributed by atoms with Crippen LogP contribution in [0, 0.1) is 5.92 Å². The molecule has 0 unspecified atom stereocenters. The molecule has 0 spiro atoms. The summed E-state index contributed by atoms with van der Waals surface area (Å²) in [5.41, 5.74) is 13.6. The number of hydrogen-bond donors (Lipinski definition) is 4. The molecule has 1 saturated heterocycles. The lowest BCUT2D eigenvalue weighted by atomic mass is 10.0. The molecule has 2 aromatic carbocycles. The number of hydrogen-bond acceptors (Lipinski definition) is 4. The summed E-state index contributed by atoms with van der Waals surface area (Å²) < 4.78 is 0. The lowest BCUT2D eigenvalue weighted by Gasteiger charge is -2.25. The first kappa shape index (κ1) is 25.7. The molecule has 186 valence electrons. The fourth-order valence-corrected chi connectivity index (χ4v) is 4.45. The molecule has 9 heteroatoms. The number of rotatable bonds is 12. The average molecular weight is 480 g/mol. The first-order chi connectivity index (χ1) is 16.8. The molecule has 2 atom stereocenters. The Kier molecular flexibility index (Phi) is 9.23. The number of aryl methyl sites for hydroxylation is 2. The number of carboxylic acids is 1. The number of guanidine groups is 1.